The summed E-state index contributed by atoms with van der Waals surface area (Å²) >= 11 is 0. The van der Waals surface area contributed by atoms with Gasteiger partial charge in [-0.1, -0.05) is 26.0 Å². The van der Waals surface area contributed by atoms with Crippen LogP contribution in [0.25, 0.3) is 6.08 Å². The van der Waals surface area contributed by atoms with Gasteiger partial charge >= 0.3 is 5.97 Å². The molecule has 2 N–H and O–H groups in total. The molecule has 0 aromatic heterocycles. The Labute approximate surface area is 118 Å². The zero-order valence-corrected chi connectivity index (χ0v) is 11.8. The molecule has 5 heteroatoms. The minimum Gasteiger partial charge on any atom is -0.497 e. The predicted octanol–water partition coefficient (Wildman–Crippen LogP) is 1.93. The number of methoxy groups -OCH3 is 1. The zero-order chi connectivity index (χ0) is 15.1. The largest absolute Gasteiger partial charge is 0.497 e. The molecule has 1 amide bonds. The number of benzene rings is 1. The molecule has 5 nitrogen and oxygen atoms in total. The Morgan fingerprint density at radius 2 is 2.05 bits per heavy atom. The summed E-state index contributed by atoms with van der Waals surface area (Å²) in [6.07, 6.45) is 2.92. The molecule has 0 radical (unpaired) electrons. The van der Waals surface area contributed by atoms with Crippen LogP contribution in [-0.4, -0.2) is 30.1 Å². The maximum atomic E-state index is 11.7. The quantitative estimate of drug-likeness (QED) is 0.779. The van der Waals surface area contributed by atoms with E-state index < -0.39 is 17.9 Å². The van der Waals surface area contributed by atoms with Crippen molar-refractivity contribution in [3.63, 3.8) is 0 Å². The lowest BCUT2D eigenvalue weighted by molar-refractivity contribution is -0.142. The third-order valence-corrected chi connectivity index (χ3v) is 2.75. The molecular weight excluding hydrogens is 258 g/mol. The van der Waals surface area contributed by atoms with Gasteiger partial charge in [-0.2, -0.15) is 0 Å². The molecule has 1 aromatic rings. The maximum absolute atomic E-state index is 11.7. The molecule has 0 aliphatic rings. The molecule has 1 rings (SSSR count). The summed E-state index contributed by atoms with van der Waals surface area (Å²) in [7, 11) is 1.57. The van der Waals surface area contributed by atoms with E-state index in [1.54, 1.807) is 39.2 Å². The van der Waals surface area contributed by atoms with Crippen molar-refractivity contribution in [3.8, 4) is 5.75 Å². The van der Waals surface area contributed by atoms with Gasteiger partial charge in [-0.25, -0.2) is 4.79 Å². The fraction of sp³-hybridized carbons (Fsp3) is 0.333. The first-order valence-electron chi connectivity index (χ1n) is 6.29. The fourth-order valence-electron chi connectivity index (χ4n) is 1.63. The molecule has 0 aliphatic heterocycles. The number of carboxylic acids is 1. The van der Waals surface area contributed by atoms with Crippen LogP contribution in [-0.2, 0) is 9.59 Å². The number of hydrogen-bond donors (Lipinski definition) is 2. The maximum Gasteiger partial charge on any atom is 0.326 e. The van der Waals surface area contributed by atoms with Gasteiger partial charge in [0.2, 0.25) is 5.91 Å². The Kier molecular flexibility index (Phi) is 5.77. The van der Waals surface area contributed by atoms with Crippen molar-refractivity contribution in [2.24, 2.45) is 5.92 Å². The van der Waals surface area contributed by atoms with Crippen molar-refractivity contribution in [1.29, 1.82) is 0 Å². The molecule has 0 unspecified atom stereocenters. The Morgan fingerprint density at radius 3 is 2.60 bits per heavy atom. The summed E-state index contributed by atoms with van der Waals surface area (Å²) in [5, 5.41) is 11.4. The zero-order valence-electron chi connectivity index (χ0n) is 11.8. The lowest BCUT2D eigenvalue weighted by Gasteiger charge is -2.16. The molecule has 0 spiro atoms. The average molecular weight is 277 g/mol. The monoisotopic (exact) mass is 277 g/mol. The standard InChI is InChI=1S/C15H19NO4/c1-10(2)14(15(18)19)16-13(17)8-7-11-5-4-6-12(9-11)20-3/h4-10,14H,1-3H3,(H,16,17)(H,18,19)/t14-/m1/s1. The number of amides is 1. The third kappa shape index (κ3) is 4.76. The summed E-state index contributed by atoms with van der Waals surface area (Å²) in [6, 6.07) is 6.32. The van der Waals surface area contributed by atoms with Crippen molar-refractivity contribution in [2.75, 3.05) is 7.11 Å². The van der Waals surface area contributed by atoms with Crippen LogP contribution in [0.5, 0.6) is 5.75 Å². The first-order chi connectivity index (χ1) is 9.43. The molecule has 1 aromatic carbocycles. The van der Waals surface area contributed by atoms with Gasteiger partial charge in [-0.3, -0.25) is 4.79 Å². The highest BCUT2D eigenvalue weighted by molar-refractivity contribution is 5.94. The highest BCUT2D eigenvalue weighted by Gasteiger charge is 2.22. The van der Waals surface area contributed by atoms with E-state index in [0.29, 0.717) is 5.75 Å². The van der Waals surface area contributed by atoms with E-state index in [2.05, 4.69) is 5.32 Å². The van der Waals surface area contributed by atoms with Crippen LogP contribution in [0, 0.1) is 5.92 Å². The van der Waals surface area contributed by atoms with Crippen molar-refractivity contribution in [3.05, 3.63) is 35.9 Å². The van der Waals surface area contributed by atoms with E-state index >= 15 is 0 Å². The molecule has 20 heavy (non-hydrogen) atoms. The third-order valence-electron chi connectivity index (χ3n) is 2.75. The van der Waals surface area contributed by atoms with Crippen LogP contribution >= 0.6 is 0 Å². The van der Waals surface area contributed by atoms with Gasteiger partial charge in [-0.15, -0.1) is 0 Å². The lowest BCUT2D eigenvalue weighted by atomic mass is 10.0. The van der Waals surface area contributed by atoms with Crippen molar-refractivity contribution in [1.82, 2.24) is 5.32 Å². The molecule has 0 fully saturated rings. The van der Waals surface area contributed by atoms with Crippen LogP contribution in [0.4, 0.5) is 0 Å². The first-order valence-corrected chi connectivity index (χ1v) is 6.29. The second kappa shape index (κ2) is 7.33. The molecule has 1 atom stereocenters. The summed E-state index contributed by atoms with van der Waals surface area (Å²) in [5.74, 6) is -0.961. The number of carboxylic acid groups (broad SMARTS) is 1. The van der Waals surface area contributed by atoms with E-state index in [0.717, 1.165) is 5.56 Å². The molecule has 108 valence electrons. The second-order valence-corrected chi connectivity index (χ2v) is 4.68. The summed E-state index contributed by atoms with van der Waals surface area (Å²) in [6.45, 7) is 3.48. The number of nitrogens with one attached hydrogen (secondary N) is 1. The minimum absolute atomic E-state index is 0.179. The van der Waals surface area contributed by atoms with Crippen molar-refractivity contribution >= 4 is 18.0 Å². The van der Waals surface area contributed by atoms with E-state index in [-0.39, 0.29) is 5.92 Å². The summed E-state index contributed by atoms with van der Waals surface area (Å²) in [4.78, 5) is 22.7. The number of carbonyl (C=O) groups is 2. The van der Waals surface area contributed by atoms with E-state index in [9.17, 15) is 9.59 Å². The summed E-state index contributed by atoms with van der Waals surface area (Å²) in [5.41, 5.74) is 0.802. The Balaban J connectivity index is 2.69. The Bertz CT molecular complexity index is 508. The molecule has 0 saturated heterocycles. The number of carbonyl (C=O) groups excluding carboxylic acids is 1. The normalized spacial score (nSPS) is 12.4. The fourth-order valence-corrected chi connectivity index (χ4v) is 1.63. The van der Waals surface area contributed by atoms with Gasteiger partial charge in [0.15, 0.2) is 0 Å². The number of aliphatic carboxylic acids is 1. The van der Waals surface area contributed by atoms with Gasteiger partial charge in [-0.05, 0) is 29.7 Å². The van der Waals surface area contributed by atoms with Gasteiger partial charge in [0.25, 0.3) is 0 Å². The minimum atomic E-state index is -1.04. The van der Waals surface area contributed by atoms with Crippen LogP contribution in [0.1, 0.15) is 19.4 Å². The van der Waals surface area contributed by atoms with Crippen LogP contribution < -0.4 is 10.1 Å². The number of hydrogen-bond acceptors (Lipinski definition) is 3. The topological polar surface area (TPSA) is 75.6 Å². The number of ether oxygens (including phenoxy) is 1. The van der Waals surface area contributed by atoms with Gasteiger partial charge in [0, 0.05) is 6.08 Å². The molecule has 0 aliphatic carbocycles. The number of rotatable bonds is 6. The van der Waals surface area contributed by atoms with E-state index in [1.165, 1.54) is 6.08 Å². The van der Waals surface area contributed by atoms with E-state index in [1.807, 2.05) is 12.1 Å². The lowest BCUT2D eigenvalue weighted by Crippen LogP contribution is -2.43. The Hall–Kier alpha value is -2.30. The highest BCUT2D eigenvalue weighted by Crippen LogP contribution is 2.13. The smallest absolute Gasteiger partial charge is 0.326 e. The molecule has 0 saturated carbocycles. The second-order valence-electron chi connectivity index (χ2n) is 4.68. The first kappa shape index (κ1) is 15.8. The molecule has 0 heterocycles. The van der Waals surface area contributed by atoms with Crippen LogP contribution in [0.2, 0.25) is 0 Å². The van der Waals surface area contributed by atoms with Gasteiger partial charge in [0.05, 0.1) is 7.11 Å². The van der Waals surface area contributed by atoms with E-state index in [4.69, 9.17) is 9.84 Å². The predicted molar refractivity (Wildman–Crippen MR) is 76.4 cm³/mol. The SMILES string of the molecule is COc1cccc(C=CC(=O)N[C@@H](C(=O)O)C(C)C)c1. The van der Waals surface area contributed by atoms with Crippen LogP contribution in [0.15, 0.2) is 30.3 Å². The Morgan fingerprint density at radius 1 is 1.35 bits per heavy atom. The molecule has 0 bridgehead atoms. The van der Waals surface area contributed by atoms with Crippen molar-refractivity contribution in [2.45, 2.75) is 19.9 Å². The van der Waals surface area contributed by atoms with Crippen LogP contribution in [0.3, 0.4) is 0 Å². The van der Waals surface area contributed by atoms with Gasteiger partial charge < -0.3 is 15.2 Å². The highest BCUT2D eigenvalue weighted by atomic mass is 16.5. The molecular formula is C15H19NO4. The summed E-state index contributed by atoms with van der Waals surface area (Å²) < 4.78 is 5.08. The van der Waals surface area contributed by atoms with Gasteiger partial charge in [0.1, 0.15) is 11.8 Å². The average Bonchev–Trinajstić information content (AvgIpc) is 2.42. The van der Waals surface area contributed by atoms with Crippen molar-refractivity contribution < 1.29 is 19.4 Å².